The molecular formula is C56H95N14O40P6S-5. The maximum Gasteiger partial charge on any atom is 0.481 e. The minimum atomic E-state index is -5.90. The van der Waals surface area contributed by atoms with Gasteiger partial charge in [-0.15, -0.1) is 0 Å². The topological polar surface area (TPSA) is 870 Å². The first-order valence-electron chi connectivity index (χ1n) is 34.0. The zero-order valence-corrected chi connectivity index (χ0v) is 69.3. The molecule has 5 heterocycles. The third-order valence-electron chi connectivity index (χ3n) is 15.0. The molecule has 54 nitrogen and oxygen atoms in total. The molecule has 4 amide bonds. The highest BCUT2D eigenvalue weighted by molar-refractivity contribution is 8.13. The number of nitrogens with two attached hydrogens (primary N) is 2. The molecule has 2 fully saturated rings. The monoisotopic (exact) mass is 1820 g/mol. The number of phosphoric ester groups is 6. The van der Waals surface area contributed by atoms with Crippen molar-refractivity contribution >= 4 is 135 Å². The number of carbonyl (C=O) groups excluding carboxylic acids is 6. The van der Waals surface area contributed by atoms with Crippen LogP contribution in [0.15, 0.2) is 24.0 Å². The van der Waals surface area contributed by atoms with Gasteiger partial charge in [0.05, 0.1) is 46.9 Å². The number of Topliss-reactive ketones (excluding diaryl/α,β-unsaturated/α-hetero) is 1. The largest absolute Gasteiger partial charge is 0.831 e. The van der Waals surface area contributed by atoms with Crippen molar-refractivity contribution in [3.05, 3.63) is 24.7 Å². The van der Waals surface area contributed by atoms with Crippen LogP contribution in [0, 0.1) is 16.2 Å². The summed E-state index contributed by atoms with van der Waals surface area (Å²) in [4.78, 5) is 187. The Bertz CT molecular complexity index is 4080. The summed E-state index contributed by atoms with van der Waals surface area (Å²) in [6.07, 6.45) is -14.6. The highest BCUT2D eigenvalue weighted by Gasteiger charge is 2.52. The third-order valence-corrected chi connectivity index (χ3v) is 22.0. The summed E-state index contributed by atoms with van der Waals surface area (Å²) in [7, 11) is -34.0. The van der Waals surface area contributed by atoms with E-state index in [1.807, 2.05) is 0 Å². The molecule has 0 spiro atoms. The number of imidazole rings is 2. The number of aliphatic carboxylic acids is 1. The molecule has 0 aromatic carbocycles. The van der Waals surface area contributed by atoms with Crippen LogP contribution in [0.5, 0.6) is 0 Å². The second-order valence-electron chi connectivity index (χ2n) is 25.9. The highest BCUT2D eigenvalue weighted by Crippen LogP contribution is 2.62. The van der Waals surface area contributed by atoms with Crippen molar-refractivity contribution in [3.63, 3.8) is 0 Å². The van der Waals surface area contributed by atoms with Crippen LogP contribution in [0.2, 0.25) is 0 Å². The zero-order valence-electron chi connectivity index (χ0n) is 63.1. The quantitative estimate of drug-likeness (QED) is 0.00822. The van der Waals surface area contributed by atoms with Crippen LogP contribution in [0.4, 0.5) is 11.6 Å². The minimum absolute atomic E-state index is 0.00339. The number of ether oxygens (including phenoxy) is 2. The van der Waals surface area contributed by atoms with E-state index in [1.54, 1.807) is 0 Å². The molecule has 15 atom stereocenters. The number of aliphatic imine (C=N–C) groups is 1. The fraction of sp³-hybridized carbons (Fsp3) is 0.696. The number of ketones is 1. The van der Waals surface area contributed by atoms with E-state index in [9.17, 15) is 121 Å². The van der Waals surface area contributed by atoms with E-state index in [1.165, 1.54) is 41.5 Å². The van der Waals surface area contributed by atoms with Crippen LogP contribution >= 0.6 is 58.7 Å². The number of carbonyl (C=O) groups is 7. The summed E-state index contributed by atoms with van der Waals surface area (Å²) in [5.41, 5.74) is 7.66. The Morgan fingerprint density at radius 2 is 1.13 bits per heavy atom. The molecule has 0 aliphatic carbocycles. The summed E-state index contributed by atoms with van der Waals surface area (Å²) in [6.45, 7) is 6.24. The Labute approximate surface area is 669 Å². The molecule has 0 bridgehead atoms. The normalized spacial score (nSPS) is 21.1. The van der Waals surface area contributed by atoms with E-state index in [0.29, 0.717) is 37.9 Å². The lowest BCUT2D eigenvalue weighted by Crippen LogP contribution is -2.46. The van der Waals surface area contributed by atoms with Gasteiger partial charge in [0.1, 0.15) is 78.0 Å². The Balaban J connectivity index is 0.000000696. The third kappa shape index (κ3) is 40.1. The number of carboxylic acids is 1. The van der Waals surface area contributed by atoms with E-state index >= 15 is 0 Å². The number of thioether (sulfide) groups is 1. The fourth-order valence-corrected chi connectivity index (χ4v) is 15.5. The molecule has 3 aromatic heterocycles. The first kappa shape index (κ1) is 107. The van der Waals surface area contributed by atoms with Gasteiger partial charge in [-0.2, -0.15) is 4.31 Å². The molecule has 2 saturated heterocycles. The van der Waals surface area contributed by atoms with Crippen LogP contribution in [0.25, 0.3) is 11.2 Å². The van der Waals surface area contributed by atoms with Crippen molar-refractivity contribution in [3.8, 4) is 0 Å². The lowest BCUT2D eigenvalue weighted by atomic mass is 9.87. The first-order valence-corrected chi connectivity index (χ1v) is 43.9. The number of aromatic nitrogens is 6. The second kappa shape index (κ2) is 49.2. The number of nitrogens with zero attached hydrogens (tertiary/aromatic N) is 7. The fourth-order valence-electron chi connectivity index (χ4n) is 9.26. The van der Waals surface area contributed by atoms with Crippen molar-refractivity contribution in [2.24, 2.45) is 21.6 Å². The van der Waals surface area contributed by atoms with Gasteiger partial charge >= 0.3 is 29.4 Å². The number of unbranched alkanes of at least 4 members (excludes halogenated alkanes) is 2. The van der Waals surface area contributed by atoms with Gasteiger partial charge in [-0.05, 0) is 45.6 Å². The van der Waals surface area contributed by atoms with Crippen molar-refractivity contribution in [2.75, 3.05) is 77.3 Å². The summed E-state index contributed by atoms with van der Waals surface area (Å²) in [6, 6.07) is 0. The number of amides is 4. The molecule has 117 heavy (non-hydrogen) atoms. The maximum absolute atomic E-state index is 12.6. The molecule has 0 saturated carbocycles. The van der Waals surface area contributed by atoms with Crippen molar-refractivity contribution in [1.82, 2.24) is 50.3 Å². The van der Waals surface area contributed by atoms with Gasteiger partial charge in [-0.25, -0.2) is 42.9 Å². The number of anilines is 1. The number of nitrogens with one attached hydrogen (secondary N) is 5. The molecule has 2 aliphatic heterocycles. The first-order chi connectivity index (χ1) is 54.0. The van der Waals surface area contributed by atoms with E-state index < -0.39 is 187 Å². The average Bonchev–Trinajstić information content (AvgIpc) is 1.62. The molecule has 5 rings (SSSR count). The summed E-state index contributed by atoms with van der Waals surface area (Å²) in [5, 5.41) is 101. The number of hydrogen-bond donors (Lipinski definition) is 19. The number of nitrogen functional groups attached to an aromatic ring is 2. The van der Waals surface area contributed by atoms with Gasteiger partial charge in [-0.3, -0.25) is 70.8 Å². The molecule has 0 radical (unpaired) electrons. The lowest BCUT2D eigenvalue weighted by molar-refractivity contribution is -0.475. The molecular weight excluding hydrogens is 1730 g/mol. The Morgan fingerprint density at radius 3 is 1.62 bits per heavy atom. The summed E-state index contributed by atoms with van der Waals surface area (Å²) < 4.78 is 122. The van der Waals surface area contributed by atoms with Gasteiger partial charge in [0, 0.05) is 88.1 Å². The zero-order chi connectivity index (χ0) is 89.4. The number of fused-ring (bicyclic) bond motifs is 1. The Morgan fingerprint density at radius 1 is 0.667 bits per heavy atom. The second-order valence-corrected chi connectivity index (χ2v) is 35.3. The predicted octanol–water partition coefficient (Wildman–Crippen LogP) is -6.31. The SMILES string of the molecule is C=Nc1c(C(=N)N)ncn1[C@H]1O[C@@H](COP(=O)(O)OP(=O)(O)OCC(C)(C)C(O)C(=O)NCCC(=O)NCCSC(=O)CCCCO)C(OP(=O)(O)O)C1O.CC(=O)CCNC(=O)CCNC(=O)C(O)C(C)(C)COP(=O)([O-])OP(=O)([O-])OCC1OC(n2cnc3c(N)ncnc32)C(O)C1OP(=O)([O-])[O-].CC([O-])O.O=C(O)CCCCO. The van der Waals surface area contributed by atoms with Crippen molar-refractivity contribution in [1.29, 1.82) is 5.41 Å². The molecule has 61 heteroatoms. The summed E-state index contributed by atoms with van der Waals surface area (Å²) >= 11 is 1.03. The van der Waals surface area contributed by atoms with Crippen LogP contribution in [0.3, 0.4) is 0 Å². The molecule has 3 aromatic rings. The van der Waals surface area contributed by atoms with E-state index in [0.717, 1.165) is 39.9 Å². The minimum Gasteiger partial charge on any atom is -0.831 e. The van der Waals surface area contributed by atoms with Gasteiger partial charge in [-0.1, -0.05) is 46.4 Å². The van der Waals surface area contributed by atoms with Crippen LogP contribution in [-0.2, 0) is 106 Å². The number of amidine groups is 1. The average molecular weight is 1820 g/mol. The number of carboxylic acid groups (broad SMARTS) is 1. The van der Waals surface area contributed by atoms with Gasteiger partial charge in [0.25, 0.3) is 15.6 Å². The highest BCUT2D eigenvalue weighted by atomic mass is 32.2. The molecule has 2 aliphatic rings. The smallest absolute Gasteiger partial charge is 0.481 e. The van der Waals surface area contributed by atoms with Crippen LogP contribution in [-0.4, -0.2) is 269 Å². The van der Waals surface area contributed by atoms with E-state index in [4.69, 9.17) is 56.4 Å². The Hall–Kier alpha value is -5.92. The lowest BCUT2D eigenvalue weighted by Gasteiger charge is -2.36. The van der Waals surface area contributed by atoms with Crippen molar-refractivity contribution < 1.29 is 191 Å². The number of aliphatic hydroxyl groups is 7. The van der Waals surface area contributed by atoms with Gasteiger partial charge in [0.2, 0.25) is 23.6 Å². The number of rotatable bonds is 48. The van der Waals surface area contributed by atoms with E-state index in [2.05, 4.69) is 84.2 Å². The maximum atomic E-state index is 12.6. The molecule has 13 unspecified atom stereocenters. The van der Waals surface area contributed by atoms with E-state index in [-0.39, 0.29) is 104 Å². The number of hydrogen-bond acceptors (Lipinski definition) is 43. The van der Waals surface area contributed by atoms with Gasteiger partial charge < -0.3 is 145 Å². The Kier molecular flexibility index (Phi) is 45.1. The van der Waals surface area contributed by atoms with Crippen molar-refractivity contribution in [2.45, 2.75) is 167 Å². The number of phosphoric acid groups is 6. The predicted molar refractivity (Wildman–Crippen MR) is 387 cm³/mol. The molecule has 670 valence electrons. The summed E-state index contributed by atoms with van der Waals surface area (Å²) in [5.74, 6) is -4.42. The van der Waals surface area contributed by atoms with Crippen LogP contribution < -0.4 is 57.4 Å². The van der Waals surface area contributed by atoms with Gasteiger partial charge in [0.15, 0.2) is 34.9 Å². The molecule has 21 N–H and O–H groups in total. The number of aliphatic hydroxyl groups excluding tert-OH is 7. The van der Waals surface area contributed by atoms with Crippen LogP contribution in [0.1, 0.15) is 117 Å². The standard InChI is InChI=1S/C26H46N7O18P3S.C23H38N7O17P3.C5H10O3.C2H5O2/c1-26(2,21(38)24(39)31-8-7-16(35)30-9-11-55-17(36)6-4-5-10-34)13-48-54(45,46)51-53(43,44)47-12-15-20(50-52(40,41)42)19(37)25(49-15)33-14-32-18(22(27)28)23(33)29-3;1-12(31)4-6-25-14(32)5-7-26-21(35)18(34)23(2,3)9-44-50(41,42)47-49(39,40)43-8-13-17(46-48(36,37)38)16(33)22(45-13)30-11-29-15-19(24)27-10-28-20(15)30;6-4-2-1-3-5(7)8;1-2(3)4/h14-15,19-21,25,34,37-38H,3-13H2,1-2H3,(H3,27,28)(H,30,35)(H,31,39)(H,43,44)(H,45,46)(H2,40,41,42);10-11,13,16-18,22,33-34H,4-9H2,1-3H3,(H,25,32)(H,26,35)(H,39,40)(H,41,42)(H2,24,27,28)(H2,36,37,38);6H,1-4H2,(H,7,8);2-3H,1H3/q;;;-1/p-4/t15-,19?,20?,21?,25-;;;/m0.../s1.